The predicted octanol–water partition coefficient (Wildman–Crippen LogP) is 2.63. The normalized spacial score (nSPS) is 10.3. The first-order chi connectivity index (χ1) is 7.78. The number of aryl methyl sites for hydroxylation is 2. The Balaban J connectivity index is 2.75. The van der Waals surface area contributed by atoms with E-state index >= 15 is 0 Å². The highest BCUT2D eigenvalue weighted by Gasteiger charge is 2.06. The Morgan fingerprint density at radius 1 is 1.25 bits per heavy atom. The van der Waals surface area contributed by atoms with Gasteiger partial charge in [-0.25, -0.2) is 4.98 Å². The van der Waals surface area contributed by atoms with Gasteiger partial charge in [0.1, 0.15) is 11.6 Å². The molecule has 1 aromatic heterocycles. The Labute approximate surface area is 94.8 Å². The fourth-order valence-corrected chi connectivity index (χ4v) is 1.67. The molecule has 0 unspecified atom stereocenters. The molecule has 1 aromatic carbocycles. The van der Waals surface area contributed by atoms with Crippen molar-refractivity contribution in [2.45, 2.75) is 26.7 Å². The van der Waals surface area contributed by atoms with E-state index in [0.717, 1.165) is 35.1 Å². The lowest BCUT2D eigenvalue weighted by Crippen LogP contribution is -1.95. The molecule has 0 spiro atoms. The van der Waals surface area contributed by atoms with Gasteiger partial charge < -0.3 is 0 Å². The van der Waals surface area contributed by atoms with E-state index in [2.05, 4.69) is 23.0 Å². The summed E-state index contributed by atoms with van der Waals surface area (Å²) in [4.78, 5) is 8.81. The summed E-state index contributed by atoms with van der Waals surface area (Å²) in [6.07, 6.45) is 3.52. The summed E-state index contributed by atoms with van der Waals surface area (Å²) in [6.45, 7) is 4.10. The van der Waals surface area contributed by atoms with Crippen molar-refractivity contribution in [1.82, 2.24) is 9.97 Å². The molecule has 0 saturated heterocycles. The first-order valence-corrected chi connectivity index (χ1v) is 5.47. The molecule has 0 N–H and O–H groups in total. The van der Waals surface area contributed by atoms with Gasteiger partial charge in [0.25, 0.3) is 0 Å². The summed E-state index contributed by atoms with van der Waals surface area (Å²) in [7, 11) is 0. The summed E-state index contributed by atoms with van der Waals surface area (Å²) in [6, 6.07) is 6.10. The first kappa shape index (κ1) is 10.6. The summed E-state index contributed by atoms with van der Waals surface area (Å²) < 4.78 is 0. The molecule has 0 atom stereocenters. The molecule has 2 rings (SSSR count). The number of nitrogens with zero attached hydrogens (tertiary/aromatic N) is 3. The Kier molecular flexibility index (Phi) is 2.82. The number of aromatic nitrogens is 2. The number of nitriles is 1. The van der Waals surface area contributed by atoms with Crippen LogP contribution in [0, 0.1) is 11.3 Å². The molecule has 0 amide bonds. The van der Waals surface area contributed by atoms with Gasteiger partial charge in [0.15, 0.2) is 0 Å². The maximum absolute atomic E-state index is 9.10. The maximum Gasteiger partial charge on any atom is 0.107 e. The number of hydrogen-bond donors (Lipinski definition) is 0. The second-order valence-corrected chi connectivity index (χ2v) is 3.69. The van der Waals surface area contributed by atoms with Gasteiger partial charge in [0.05, 0.1) is 16.8 Å². The number of benzene rings is 1. The van der Waals surface area contributed by atoms with Crippen molar-refractivity contribution in [3.05, 3.63) is 35.2 Å². The Hall–Kier alpha value is -1.95. The van der Waals surface area contributed by atoms with E-state index in [1.54, 1.807) is 6.20 Å². The van der Waals surface area contributed by atoms with E-state index < -0.39 is 0 Å². The zero-order valence-electron chi connectivity index (χ0n) is 9.49. The van der Waals surface area contributed by atoms with E-state index in [4.69, 9.17) is 5.26 Å². The lowest BCUT2D eigenvalue weighted by atomic mass is 10.1. The zero-order valence-corrected chi connectivity index (χ0v) is 9.49. The second kappa shape index (κ2) is 4.28. The SMILES string of the molecule is CCc1cc(C#N)c2nc(CC)cnc2c1. The van der Waals surface area contributed by atoms with Crippen molar-refractivity contribution in [2.75, 3.05) is 0 Å². The molecular weight excluding hydrogens is 198 g/mol. The zero-order chi connectivity index (χ0) is 11.5. The maximum atomic E-state index is 9.10. The van der Waals surface area contributed by atoms with Crippen LogP contribution in [0.5, 0.6) is 0 Å². The van der Waals surface area contributed by atoms with Crippen LogP contribution in [0.4, 0.5) is 0 Å². The molecule has 0 fully saturated rings. The van der Waals surface area contributed by atoms with Crippen molar-refractivity contribution in [3.8, 4) is 6.07 Å². The molecule has 0 saturated carbocycles. The molecule has 3 heteroatoms. The van der Waals surface area contributed by atoms with E-state index in [1.165, 1.54) is 0 Å². The Bertz CT molecular complexity index is 567. The van der Waals surface area contributed by atoms with E-state index in [9.17, 15) is 0 Å². The molecule has 0 aliphatic rings. The highest BCUT2D eigenvalue weighted by atomic mass is 14.8. The first-order valence-electron chi connectivity index (χ1n) is 5.47. The van der Waals surface area contributed by atoms with Crippen LogP contribution < -0.4 is 0 Å². The minimum atomic E-state index is 0.622. The summed E-state index contributed by atoms with van der Waals surface area (Å²) in [5, 5.41) is 9.10. The van der Waals surface area contributed by atoms with Crippen LogP contribution in [0.15, 0.2) is 18.3 Å². The van der Waals surface area contributed by atoms with Gasteiger partial charge in [0.2, 0.25) is 0 Å². The molecule has 0 bridgehead atoms. The van der Waals surface area contributed by atoms with Crippen molar-refractivity contribution >= 4 is 11.0 Å². The molecule has 3 nitrogen and oxygen atoms in total. The van der Waals surface area contributed by atoms with Gasteiger partial charge >= 0.3 is 0 Å². The van der Waals surface area contributed by atoms with Crippen LogP contribution in [0.2, 0.25) is 0 Å². The molecule has 80 valence electrons. The average Bonchev–Trinajstić information content (AvgIpc) is 2.36. The fourth-order valence-electron chi connectivity index (χ4n) is 1.67. The highest BCUT2D eigenvalue weighted by molar-refractivity contribution is 5.81. The quantitative estimate of drug-likeness (QED) is 0.767. The minimum Gasteiger partial charge on any atom is -0.253 e. The monoisotopic (exact) mass is 211 g/mol. The van der Waals surface area contributed by atoms with Crippen LogP contribution in [-0.4, -0.2) is 9.97 Å². The number of hydrogen-bond acceptors (Lipinski definition) is 3. The van der Waals surface area contributed by atoms with Gasteiger partial charge in [-0.2, -0.15) is 5.26 Å². The molecule has 16 heavy (non-hydrogen) atoms. The van der Waals surface area contributed by atoms with Gasteiger partial charge in [-0.15, -0.1) is 0 Å². The van der Waals surface area contributed by atoms with Crippen molar-refractivity contribution < 1.29 is 0 Å². The van der Waals surface area contributed by atoms with Crippen LogP contribution in [0.25, 0.3) is 11.0 Å². The van der Waals surface area contributed by atoms with Crippen molar-refractivity contribution in [2.24, 2.45) is 0 Å². The van der Waals surface area contributed by atoms with Crippen LogP contribution >= 0.6 is 0 Å². The highest BCUT2D eigenvalue weighted by Crippen LogP contribution is 2.18. The third-order valence-electron chi connectivity index (χ3n) is 2.65. The number of fused-ring (bicyclic) bond motifs is 1. The fraction of sp³-hybridized carbons (Fsp3) is 0.308. The molecule has 0 radical (unpaired) electrons. The van der Waals surface area contributed by atoms with Gasteiger partial charge in [-0.1, -0.05) is 13.8 Å². The molecule has 2 aromatic rings. The third kappa shape index (κ3) is 1.74. The van der Waals surface area contributed by atoms with Gasteiger partial charge in [0, 0.05) is 6.20 Å². The smallest absolute Gasteiger partial charge is 0.107 e. The average molecular weight is 211 g/mol. The van der Waals surface area contributed by atoms with E-state index in [-0.39, 0.29) is 0 Å². The van der Waals surface area contributed by atoms with E-state index in [0.29, 0.717) is 5.56 Å². The van der Waals surface area contributed by atoms with Crippen LogP contribution in [-0.2, 0) is 12.8 Å². The van der Waals surface area contributed by atoms with Gasteiger partial charge in [-0.05, 0) is 30.5 Å². The molecular formula is C13H13N3. The van der Waals surface area contributed by atoms with Gasteiger partial charge in [-0.3, -0.25) is 4.98 Å². The third-order valence-corrected chi connectivity index (χ3v) is 2.65. The molecule has 0 aliphatic heterocycles. The van der Waals surface area contributed by atoms with Crippen LogP contribution in [0.1, 0.15) is 30.7 Å². The van der Waals surface area contributed by atoms with Crippen LogP contribution in [0.3, 0.4) is 0 Å². The summed E-state index contributed by atoms with van der Waals surface area (Å²) >= 11 is 0. The minimum absolute atomic E-state index is 0.622. The largest absolute Gasteiger partial charge is 0.253 e. The molecule has 1 heterocycles. The summed E-state index contributed by atoms with van der Waals surface area (Å²) in [5.41, 5.74) is 4.21. The Morgan fingerprint density at radius 3 is 2.69 bits per heavy atom. The topological polar surface area (TPSA) is 49.6 Å². The van der Waals surface area contributed by atoms with Crippen molar-refractivity contribution in [3.63, 3.8) is 0 Å². The second-order valence-electron chi connectivity index (χ2n) is 3.69. The lowest BCUT2D eigenvalue weighted by Gasteiger charge is -2.04. The number of rotatable bonds is 2. The lowest BCUT2D eigenvalue weighted by molar-refractivity contribution is 1.03. The summed E-state index contributed by atoms with van der Waals surface area (Å²) in [5.74, 6) is 0. The van der Waals surface area contributed by atoms with E-state index in [1.807, 2.05) is 19.1 Å². The Morgan fingerprint density at radius 2 is 2.06 bits per heavy atom. The van der Waals surface area contributed by atoms with Crippen molar-refractivity contribution in [1.29, 1.82) is 5.26 Å². The predicted molar refractivity (Wildman–Crippen MR) is 63.0 cm³/mol. The molecule has 0 aliphatic carbocycles. The standard InChI is InChI=1S/C13H13N3/c1-3-9-5-10(7-14)13-12(6-9)15-8-11(4-2)16-13/h5-6,8H,3-4H2,1-2H3.